The number of rotatable bonds is 12. The van der Waals surface area contributed by atoms with E-state index in [0.29, 0.717) is 17.9 Å². The van der Waals surface area contributed by atoms with Crippen molar-refractivity contribution in [2.75, 3.05) is 24.4 Å². The summed E-state index contributed by atoms with van der Waals surface area (Å²) in [5.41, 5.74) is -0.481. The molecule has 0 radical (unpaired) electrons. The van der Waals surface area contributed by atoms with Crippen LogP contribution in [0.1, 0.15) is 57.4 Å². The number of carbonyl (C=O) groups is 3. The van der Waals surface area contributed by atoms with Crippen LogP contribution < -0.4 is 25.0 Å². The zero-order valence-corrected chi connectivity index (χ0v) is 23.5. The van der Waals surface area contributed by atoms with E-state index in [0.717, 1.165) is 4.90 Å². The Morgan fingerprint density at radius 3 is 2.40 bits per heavy atom. The van der Waals surface area contributed by atoms with Gasteiger partial charge in [-0.05, 0) is 45.4 Å². The monoisotopic (exact) mass is 554 g/mol. The van der Waals surface area contributed by atoms with Crippen LogP contribution in [0.2, 0.25) is 0 Å². The zero-order chi connectivity index (χ0) is 29.4. The second-order valence-corrected chi connectivity index (χ2v) is 9.80. The number of aromatic nitrogens is 1. The molecule has 10 nitrogen and oxygen atoms in total. The Balaban J connectivity index is 2.08. The molecule has 40 heavy (non-hydrogen) atoms. The number of para-hydroxylation sites is 2. The second-order valence-electron chi connectivity index (χ2n) is 9.80. The number of amides is 3. The summed E-state index contributed by atoms with van der Waals surface area (Å²) < 4.78 is 31.3. The number of benzene rings is 2. The van der Waals surface area contributed by atoms with Crippen molar-refractivity contribution in [1.29, 1.82) is 0 Å². The topological polar surface area (TPSA) is 123 Å². The normalized spacial score (nSPS) is 11.9. The first-order chi connectivity index (χ1) is 19.0. The first kappa shape index (κ1) is 30.1. The van der Waals surface area contributed by atoms with Crippen molar-refractivity contribution < 1.29 is 32.8 Å². The second kappa shape index (κ2) is 13.1. The molecule has 0 bridgehead atoms. The molecule has 3 aromatic rings. The van der Waals surface area contributed by atoms with Crippen LogP contribution in [-0.2, 0) is 14.4 Å². The minimum absolute atomic E-state index is 0.126. The molecular weight excluding hydrogens is 519 g/mol. The Kier molecular flexibility index (Phi) is 9.87. The van der Waals surface area contributed by atoms with Gasteiger partial charge in [0, 0.05) is 30.0 Å². The number of aryl methyl sites for hydroxylation is 1. The summed E-state index contributed by atoms with van der Waals surface area (Å²) in [5.74, 6) is -1.17. The highest BCUT2D eigenvalue weighted by atomic mass is 19.1. The van der Waals surface area contributed by atoms with Gasteiger partial charge >= 0.3 is 0 Å². The van der Waals surface area contributed by atoms with Gasteiger partial charge in [-0.25, -0.2) is 4.39 Å². The number of ether oxygens (including phenoxy) is 2. The highest BCUT2D eigenvalue weighted by Gasteiger charge is 2.38. The van der Waals surface area contributed by atoms with Gasteiger partial charge in [-0.15, -0.1) is 0 Å². The Hall–Kier alpha value is -4.41. The molecule has 11 heteroatoms. The lowest BCUT2D eigenvalue weighted by atomic mass is 9.97. The predicted molar refractivity (Wildman–Crippen MR) is 148 cm³/mol. The van der Waals surface area contributed by atoms with Gasteiger partial charge in [0.15, 0.2) is 17.3 Å². The lowest BCUT2D eigenvalue weighted by Crippen LogP contribution is -2.50. The van der Waals surface area contributed by atoms with Crippen LogP contribution in [0.4, 0.5) is 15.9 Å². The molecule has 214 valence electrons. The highest BCUT2D eigenvalue weighted by Crippen LogP contribution is 2.40. The lowest BCUT2D eigenvalue weighted by molar-refractivity contribution is -0.128. The van der Waals surface area contributed by atoms with Gasteiger partial charge < -0.3 is 24.6 Å². The first-order valence-corrected chi connectivity index (χ1v) is 12.8. The molecule has 0 aliphatic rings. The molecule has 0 saturated heterocycles. The summed E-state index contributed by atoms with van der Waals surface area (Å²) in [6.45, 7) is 7.28. The van der Waals surface area contributed by atoms with Crippen molar-refractivity contribution in [1.82, 2.24) is 10.5 Å². The van der Waals surface area contributed by atoms with Gasteiger partial charge in [-0.1, -0.05) is 36.3 Å². The van der Waals surface area contributed by atoms with Gasteiger partial charge in [0.25, 0.3) is 0 Å². The predicted octanol–water partition coefficient (Wildman–Crippen LogP) is 4.94. The van der Waals surface area contributed by atoms with Gasteiger partial charge in [0.2, 0.25) is 17.7 Å². The van der Waals surface area contributed by atoms with Crippen LogP contribution in [0.5, 0.6) is 11.5 Å². The fourth-order valence-electron chi connectivity index (χ4n) is 4.05. The van der Waals surface area contributed by atoms with E-state index < -0.39 is 35.1 Å². The molecule has 0 saturated carbocycles. The third-order valence-electron chi connectivity index (χ3n) is 6.42. The Morgan fingerprint density at radius 1 is 1.07 bits per heavy atom. The SMILES string of the molecule is CCC(C)(C)NC(=O)[C@H](c1cccc(OC)c1OC)N(C(=O)CCC(=O)Nc1cc(C)on1)c1ccccc1F. The lowest BCUT2D eigenvalue weighted by Gasteiger charge is -2.35. The smallest absolute Gasteiger partial charge is 0.248 e. The quantitative estimate of drug-likeness (QED) is 0.325. The number of methoxy groups -OCH3 is 2. The van der Waals surface area contributed by atoms with Gasteiger partial charge in [0.05, 0.1) is 19.9 Å². The molecular formula is C29H35FN4O6. The Morgan fingerprint density at radius 2 is 1.80 bits per heavy atom. The Labute approximate surface area is 232 Å². The number of nitrogens with zero attached hydrogens (tertiary/aromatic N) is 2. The minimum atomic E-state index is -1.36. The number of hydrogen-bond donors (Lipinski definition) is 2. The van der Waals surface area contributed by atoms with Crippen molar-refractivity contribution >= 4 is 29.2 Å². The average molecular weight is 555 g/mol. The maximum absolute atomic E-state index is 15.3. The van der Waals surface area contributed by atoms with Gasteiger partial charge in [-0.3, -0.25) is 19.3 Å². The van der Waals surface area contributed by atoms with E-state index in [9.17, 15) is 14.4 Å². The summed E-state index contributed by atoms with van der Waals surface area (Å²) in [7, 11) is 2.86. The zero-order valence-electron chi connectivity index (χ0n) is 23.5. The standard InChI is InChI=1S/C29H35FN4O6/c1-7-29(3,4)32-28(37)26(19-11-10-14-22(38-5)27(19)39-6)34(21-13-9-8-12-20(21)30)25(36)16-15-24(35)31-23-17-18(2)40-33-23/h8-14,17,26H,7,15-16H2,1-6H3,(H,32,37)(H,31,33,35)/t26-/m0/s1. The van der Waals surface area contributed by atoms with E-state index in [4.69, 9.17) is 14.0 Å². The molecule has 1 atom stereocenters. The van der Waals surface area contributed by atoms with Crippen molar-refractivity contribution in [2.45, 2.75) is 58.5 Å². The molecule has 0 aliphatic heterocycles. The summed E-state index contributed by atoms with van der Waals surface area (Å²) >= 11 is 0. The van der Waals surface area contributed by atoms with Crippen molar-refractivity contribution in [3.8, 4) is 11.5 Å². The van der Waals surface area contributed by atoms with Crippen LogP contribution in [0.3, 0.4) is 0 Å². The van der Waals surface area contributed by atoms with Crippen LogP contribution in [0.25, 0.3) is 0 Å². The number of halogens is 1. The first-order valence-electron chi connectivity index (χ1n) is 12.8. The Bertz CT molecular complexity index is 1360. The number of nitrogens with one attached hydrogen (secondary N) is 2. The summed E-state index contributed by atoms with van der Waals surface area (Å²) in [4.78, 5) is 41.5. The molecule has 0 spiro atoms. The molecule has 3 rings (SSSR count). The van der Waals surface area contributed by atoms with E-state index in [1.54, 1.807) is 31.2 Å². The van der Waals surface area contributed by atoms with E-state index in [1.165, 1.54) is 38.5 Å². The average Bonchev–Trinajstić information content (AvgIpc) is 3.34. The minimum Gasteiger partial charge on any atom is -0.493 e. The number of anilines is 2. The van der Waals surface area contributed by atoms with E-state index in [2.05, 4.69) is 15.8 Å². The molecule has 2 N–H and O–H groups in total. The summed E-state index contributed by atoms with van der Waals surface area (Å²) in [6, 6.07) is 10.7. The number of hydrogen-bond acceptors (Lipinski definition) is 7. The fraction of sp³-hybridized carbons (Fsp3) is 0.379. The molecule has 3 amide bonds. The third kappa shape index (κ3) is 7.16. The van der Waals surface area contributed by atoms with Gasteiger partial charge in [-0.2, -0.15) is 0 Å². The highest BCUT2D eigenvalue weighted by molar-refractivity contribution is 6.03. The van der Waals surface area contributed by atoms with E-state index in [-0.39, 0.29) is 35.7 Å². The van der Waals surface area contributed by atoms with Crippen LogP contribution in [-0.4, -0.2) is 42.6 Å². The molecule has 1 heterocycles. The van der Waals surface area contributed by atoms with Crippen LogP contribution in [0, 0.1) is 12.7 Å². The van der Waals surface area contributed by atoms with Crippen molar-refractivity contribution in [2.24, 2.45) is 0 Å². The van der Waals surface area contributed by atoms with Crippen molar-refractivity contribution in [3.05, 3.63) is 65.7 Å². The van der Waals surface area contributed by atoms with Crippen LogP contribution in [0.15, 0.2) is 53.1 Å². The van der Waals surface area contributed by atoms with Crippen molar-refractivity contribution in [3.63, 3.8) is 0 Å². The van der Waals surface area contributed by atoms with Gasteiger partial charge in [0.1, 0.15) is 17.6 Å². The molecule has 0 unspecified atom stereocenters. The van der Waals surface area contributed by atoms with E-state index in [1.807, 2.05) is 20.8 Å². The maximum Gasteiger partial charge on any atom is 0.248 e. The molecule has 1 aromatic heterocycles. The fourth-order valence-corrected chi connectivity index (χ4v) is 4.05. The van der Waals surface area contributed by atoms with E-state index >= 15 is 4.39 Å². The molecule has 2 aromatic carbocycles. The summed E-state index contributed by atoms with van der Waals surface area (Å²) in [5, 5.41) is 9.24. The molecule has 0 aliphatic carbocycles. The van der Waals surface area contributed by atoms with Crippen LogP contribution >= 0.6 is 0 Å². The number of carbonyl (C=O) groups excluding carboxylic acids is 3. The largest absolute Gasteiger partial charge is 0.493 e. The molecule has 0 fully saturated rings. The maximum atomic E-state index is 15.3. The summed E-state index contributed by atoms with van der Waals surface area (Å²) in [6.07, 6.45) is 0.0139. The third-order valence-corrected chi connectivity index (χ3v) is 6.42.